The molecule has 0 aliphatic rings. The van der Waals surface area contributed by atoms with Crippen LogP contribution in [0.4, 0.5) is 5.69 Å². The van der Waals surface area contributed by atoms with Gasteiger partial charge in [-0.15, -0.1) is 0 Å². The predicted molar refractivity (Wildman–Crippen MR) is 85.9 cm³/mol. The summed E-state index contributed by atoms with van der Waals surface area (Å²) in [6.07, 6.45) is -0.145. The topological polar surface area (TPSA) is 70.8 Å². The van der Waals surface area contributed by atoms with E-state index in [-0.39, 0.29) is 11.8 Å². The van der Waals surface area contributed by atoms with Crippen molar-refractivity contribution in [1.29, 1.82) is 0 Å². The number of nitrogens with two attached hydrogens (primary N) is 1. The van der Waals surface area contributed by atoms with Crippen LogP contribution in [0.2, 0.25) is 0 Å². The van der Waals surface area contributed by atoms with Gasteiger partial charge in [-0.1, -0.05) is 26.8 Å². The minimum absolute atomic E-state index is 0.0125. The van der Waals surface area contributed by atoms with Crippen LogP contribution in [0.3, 0.4) is 0 Å². The third kappa shape index (κ3) is 5.34. The highest BCUT2D eigenvalue weighted by Crippen LogP contribution is 2.48. The lowest BCUT2D eigenvalue weighted by Gasteiger charge is -2.21. The Balaban J connectivity index is 2.82. The molecule has 0 amide bonds. The smallest absolute Gasteiger partial charge is 0.367 e. The third-order valence-electron chi connectivity index (χ3n) is 2.91. The molecule has 0 saturated carbocycles. The molecule has 120 valence electrons. The minimum Gasteiger partial charge on any atom is -0.479 e. The van der Waals surface area contributed by atoms with E-state index in [2.05, 4.69) is 20.8 Å². The SMILES string of the molecule is CCOP(=O)(COc1ccc(C(C)(C)C)cc1N)OCC. The van der Waals surface area contributed by atoms with Gasteiger partial charge in [-0.05, 0) is 37.0 Å². The molecule has 5 nitrogen and oxygen atoms in total. The Morgan fingerprint density at radius 2 is 1.71 bits per heavy atom. The van der Waals surface area contributed by atoms with E-state index >= 15 is 0 Å². The van der Waals surface area contributed by atoms with Gasteiger partial charge >= 0.3 is 7.60 Å². The van der Waals surface area contributed by atoms with Crippen LogP contribution in [-0.4, -0.2) is 19.6 Å². The fraction of sp³-hybridized carbons (Fsp3) is 0.600. The summed E-state index contributed by atoms with van der Waals surface area (Å²) >= 11 is 0. The molecule has 0 bridgehead atoms. The molecule has 1 rings (SSSR count). The first-order chi connectivity index (χ1) is 9.72. The monoisotopic (exact) mass is 315 g/mol. The summed E-state index contributed by atoms with van der Waals surface area (Å²) in [7, 11) is -3.23. The molecule has 0 saturated heterocycles. The Bertz CT molecular complexity index is 501. The van der Waals surface area contributed by atoms with Crippen molar-refractivity contribution in [3.8, 4) is 5.75 Å². The van der Waals surface area contributed by atoms with Crippen LogP contribution in [0.5, 0.6) is 5.75 Å². The molecule has 0 fully saturated rings. The Morgan fingerprint density at radius 3 is 2.14 bits per heavy atom. The quantitative estimate of drug-likeness (QED) is 0.604. The van der Waals surface area contributed by atoms with Gasteiger partial charge in [0.05, 0.1) is 18.9 Å². The molecule has 0 radical (unpaired) electrons. The van der Waals surface area contributed by atoms with E-state index in [0.29, 0.717) is 24.7 Å². The summed E-state index contributed by atoms with van der Waals surface area (Å²) in [5.74, 6) is 0.489. The van der Waals surface area contributed by atoms with Crippen molar-refractivity contribution in [1.82, 2.24) is 0 Å². The molecule has 1 aromatic carbocycles. The van der Waals surface area contributed by atoms with Gasteiger partial charge in [0.15, 0.2) is 6.35 Å². The summed E-state index contributed by atoms with van der Waals surface area (Å²) in [6.45, 7) is 10.5. The zero-order valence-corrected chi connectivity index (χ0v) is 14.4. The minimum atomic E-state index is -3.23. The summed E-state index contributed by atoms with van der Waals surface area (Å²) in [5, 5.41) is 0. The van der Waals surface area contributed by atoms with Crippen molar-refractivity contribution < 1.29 is 18.3 Å². The highest BCUT2D eigenvalue weighted by atomic mass is 31.2. The van der Waals surface area contributed by atoms with Gasteiger partial charge in [0, 0.05) is 0 Å². The lowest BCUT2D eigenvalue weighted by Crippen LogP contribution is -2.12. The maximum atomic E-state index is 12.3. The first kappa shape index (κ1) is 18.0. The second-order valence-electron chi connectivity index (χ2n) is 5.72. The Labute approximate surface area is 127 Å². The van der Waals surface area contributed by atoms with Gasteiger partial charge in [-0.2, -0.15) is 0 Å². The molecule has 6 heteroatoms. The largest absolute Gasteiger partial charge is 0.479 e. The van der Waals surface area contributed by atoms with E-state index in [4.69, 9.17) is 19.5 Å². The Hall–Kier alpha value is -1.03. The van der Waals surface area contributed by atoms with E-state index < -0.39 is 7.60 Å². The van der Waals surface area contributed by atoms with Gasteiger partial charge in [-0.25, -0.2) is 0 Å². The molecular weight excluding hydrogens is 289 g/mol. The lowest BCUT2D eigenvalue weighted by molar-refractivity contribution is 0.197. The normalized spacial score (nSPS) is 12.4. The fourth-order valence-corrected chi connectivity index (χ4v) is 3.11. The van der Waals surface area contributed by atoms with Gasteiger partial charge in [0.25, 0.3) is 0 Å². The number of rotatable bonds is 7. The van der Waals surface area contributed by atoms with Gasteiger partial charge in [0.1, 0.15) is 5.75 Å². The number of anilines is 1. The van der Waals surface area contributed by atoms with Crippen LogP contribution < -0.4 is 10.5 Å². The number of nitrogen functional groups attached to an aromatic ring is 1. The van der Waals surface area contributed by atoms with Gasteiger partial charge in [-0.3, -0.25) is 4.57 Å². The predicted octanol–water partition coefficient (Wildman–Crippen LogP) is 4.17. The molecule has 2 N–H and O–H groups in total. The maximum absolute atomic E-state index is 12.3. The third-order valence-corrected chi connectivity index (χ3v) is 4.65. The Morgan fingerprint density at radius 1 is 1.14 bits per heavy atom. The summed E-state index contributed by atoms with van der Waals surface area (Å²) in [6, 6.07) is 5.62. The molecule has 0 heterocycles. The van der Waals surface area contributed by atoms with Crippen molar-refractivity contribution in [2.24, 2.45) is 0 Å². The van der Waals surface area contributed by atoms with E-state index in [1.165, 1.54) is 0 Å². The number of hydrogen-bond acceptors (Lipinski definition) is 5. The highest BCUT2D eigenvalue weighted by Gasteiger charge is 2.25. The second-order valence-corrected chi connectivity index (χ2v) is 7.72. The molecule has 0 aliphatic heterocycles. The van der Waals surface area contributed by atoms with Crippen molar-refractivity contribution in [2.75, 3.05) is 25.3 Å². The van der Waals surface area contributed by atoms with Crippen LogP contribution in [0.15, 0.2) is 18.2 Å². The van der Waals surface area contributed by atoms with E-state index in [9.17, 15) is 4.57 Å². The van der Waals surface area contributed by atoms with Crippen LogP contribution in [0.25, 0.3) is 0 Å². The zero-order chi connectivity index (χ0) is 16.1. The van der Waals surface area contributed by atoms with Crippen LogP contribution in [0.1, 0.15) is 40.2 Å². The average molecular weight is 315 g/mol. The zero-order valence-electron chi connectivity index (χ0n) is 13.5. The lowest BCUT2D eigenvalue weighted by atomic mass is 9.87. The van der Waals surface area contributed by atoms with Crippen LogP contribution in [0, 0.1) is 0 Å². The second kappa shape index (κ2) is 7.30. The van der Waals surface area contributed by atoms with Crippen molar-refractivity contribution in [3.05, 3.63) is 23.8 Å². The van der Waals surface area contributed by atoms with E-state index in [1.807, 2.05) is 12.1 Å². The molecule has 1 aromatic rings. The van der Waals surface area contributed by atoms with Crippen molar-refractivity contribution in [3.63, 3.8) is 0 Å². The van der Waals surface area contributed by atoms with Gasteiger partial charge < -0.3 is 19.5 Å². The van der Waals surface area contributed by atoms with Crippen molar-refractivity contribution in [2.45, 2.75) is 40.0 Å². The van der Waals surface area contributed by atoms with E-state index in [1.54, 1.807) is 19.9 Å². The summed E-state index contributed by atoms with van der Waals surface area (Å²) in [5.41, 5.74) is 7.64. The number of benzene rings is 1. The van der Waals surface area contributed by atoms with Gasteiger partial charge in [0.2, 0.25) is 0 Å². The number of ether oxygens (including phenoxy) is 1. The molecule has 0 aliphatic carbocycles. The molecular formula is C15H26NO4P. The van der Waals surface area contributed by atoms with Crippen LogP contribution in [-0.2, 0) is 19.0 Å². The van der Waals surface area contributed by atoms with Crippen molar-refractivity contribution >= 4 is 13.3 Å². The van der Waals surface area contributed by atoms with E-state index in [0.717, 1.165) is 5.56 Å². The summed E-state index contributed by atoms with van der Waals surface area (Å²) in [4.78, 5) is 0. The standard InChI is InChI=1S/C15H26NO4P/c1-6-19-21(17,20-7-2)11-18-14-9-8-12(10-13(14)16)15(3,4)5/h8-10H,6-7,11,16H2,1-5H3. The molecule has 0 atom stereocenters. The Kier molecular flexibility index (Phi) is 6.26. The number of hydrogen-bond donors (Lipinski definition) is 1. The average Bonchev–Trinajstić information content (AvgIpc) is 2.36. The molecule has 0 aromatic heterocycles. The highest BCUT2D eigenvalue weighted by molar-refractivity contribution is 7.53. The summed E-state index contributed by atoms with van der Waals surface area (Å²) < 4.78 is 28.2. The molecule has 0 unspecified atom stereocenters. The first-order valence-corrected chi connectivity index (χ1v) is 8.85. The maximum Gasteiger partial charge on any atom is 0.367 e. The molecule has 21 heavy (non-hydrogen) atoms. The van der Waals surface area contributed by atoms with Crippen LogP contribution >= 0.6 is 7.60 Å². The molecule has 0 spiro atoms. The first-order valence-electron chi connectivity index (χ1n) is 7.13. The fourth-order valence-electron chi connectivity index (χ4n) is 1.80.